The second kappa shape index (κ2) is 4.05. The number of rotatable bonds is 3. The molecule has 0 bridgehead atoms. The Morgan fingerprint density at radius 2 is 2.06 bits per heavy atom. The van der Waals surface area contributed by atoms with Crippen molar-refractivity contribution in [2.75, 3.05) is 6.54 Å². The fraction of sp³-hybridized carbons (Fsp3) is 0.929. The minimum atomic E-state index is 0.196. The Hall–Kier alpha value is -0.530. The molecule has 1 spiro atoms. The molecule has 0 aromatic rings. The van der Waals surface area contributed by atoms with Gasteiger partial charge in [-0.1, -0.05) is 27.2 Å². The summed E-state index contributed by atoms with van der Waals surface area (Å²) in [6.45, 7) is 9.71. The summed E-state index contributed by atoms with van der Waals surface area (Å²) in [5.41, 5.74) is 0.546. The minimum Gasteiger partial charge on any atom is -0.339 e. The van der Waals surface area contributed by atoms with Crippen molar-refractivity contribution in [2.45, 2.75) is 59.4 Å². The zero-order valence-electron chi connectivity index (χ0n) is 11.1. The summed E-state index contributed by atoms with van der Waals surface area (Å²) in [5.74, 6) is 1.10. The van der Waals surface area contributed by atoms with Crippen molar-refractivity contribution in [3.8, 4) is 0 Å². The third kappa shape index (κ3) is 1.99. The molecular weight excluding hydrogens is 198 g/mol. The first kappa shape index (κ1) is 11.9. The van der Waals surface area contributed by atoms with Crippen LogP contribution in [0.5, 0.6) is 0 Å². The smallest absolute Gasteiger partial charge is 0.225 e. The predicted molar refractivity (Wildman–Crippen MR) is 66.1 cm³/mol. The van der Waals surface area contributed by atoms with E-state index in [1.807, 2.05) is 0 Å². The van der Waals surface area contributed by atoms with E-state index in [-0.39, 0.29) is 5.92 Å². The van der Waals surface area contributed by atoms with E-state index in [9.17, 15) is 4.79 Å². The van der Waals surface area contributed by atoms with E-state index in [0.29, 0.717) is 23.3 Å². The third-order valence-corrected chi connectivity index (χ3v) is 4.89. The SMILES string of the molecule is CCC(C)C(C)C(=O)N1CC2(CC2)C[C@H]1C. The van der Waals surface area contributed by atoms with E-state index in [1.54, 1.807) is 0 Å². The van der Waals surface area contributed by atoms with Crippen LogP contribution < -0.4 is 0 Å². The fourth-order valence-electron chi connectivity index (χ4n) is 3.01. The molecule has 0 radical (unpaired) electrons. The Labute approximate surface area is 99.4 Å². The van der Waals surface area contributed by atoms with Crippen LogP contribution in [0.1, 0.15) is 53.4 Å². The summed E-state index contributed by atoms with van der Waals surface area (Å²) in [4.78, 5) is 14.6. The average Bonchev–Trinajstić information content (AvgIpc) is 2.93. The predicted octanol–water partition coefficient (Wildman–Crippen LogP) is 3.07. The molecule has 1 aliphatic carbocycles. The first-order valence-electron chi connectivity index (χ1n) is 6.79. The van der Waals surface area contributed by atoms with Crippen molar-refractivity contribution in [3.05, 3.63) is 0 Å². The zero-order chi connectivity index (χ0) is 11.9. The van der Waals surface area contributed by atoms with Crippen molar-refractivity contribution < 1.29 is 4.79 Å². The highest BCUT2D eigenvalue weighted by molar-refractivity contribution is 5.79. The highest BCUT2D eigenvalue weighted by Crippen LogP contribution is 2.54. The number of amides is 1. The fourth-order valence-corrected chi connectivity index (χ4v) is 3.01. The van der Waals surface area contributed by atoms with Crippen LogP contribution in [-0.4, -0.2) is 23.4 Å². The van der Waals surface area contributed by atoms with Crippen molar-refractivity contribution in [1.29, 1.82) is 0 Å². The van der Waals surface area contributed by atoms with E-state index in [2.05, 4.69) is 32.6 Å². The maximum atomic E-state index is 12.4. The molecule has 2 heteroatoms. The van der Waals surface area contributed by atoms with Crippen LogP contribution in [0.3, 0.4) is 0 Å². The maximum absolute atomic E-state index is 12.4. The second-order valence-electron chi connectivity index (χ2n) is 6.19. The number of hydrogen-bond donors (Lipinski definition) is 0. The lowest BCUT2D eigenvalue weighted by Gasteiger charge is -2.27. The van der Waals surface area contributed by atoms with Gasteiger partial charge < -0.3 is 4.90 Å². The van der Waals surface area contributed by atoms with Gasteiger partial charge >= 0.3 is 0 Å². The number of carbonyl (C=O) groups is 1. The number of likely N-dealkylation sites (tertiary alicyclic amines) is 1. The van der Waals surface area contributed by atoms with Crippen LogP contribution in [-0.2, 0) is 4.79 Å². The van der Waals surface area contributed by atoms with Gasteiger partial charge in [0.1, 0.15) is 0 Å². The van der Waals surface area contributed by atoms with Gasteiger partial charge in [-0.25, -0.2) is 0 Å². The lowest BCUT2D eigenvalue weighted by molar-refractivity contribution is -0.137. The highest BCUT2D eigenvalue weighted by Gasteiger charge is 2.52. The van der Waals surface area contributed by atoms with Gasteiger partial charge in [0.15, 0.2) is 0 Å². The molecule has 0 N–H and O–H groups in total. The summed E-state index contributed by atoms with van der Waals surface area (Å²) in [6, 6.07) is 0.474. The molecule has 2 unspecified atom stereocenters. The lowest BCUT2D eigenvalue weighted by atomic mass is 9.92. The van der Waals surface area contributed by atoms with Crippen LogP contribution in [0.4, 0.5) is 0 Å². The Morgan fingerprint density at radius 1 is 1.44 bits per heavy atom. The first-order valence-corrected chi connectivity index (χ1v) is 6.79. The number of hydrogen-bond acceptors (Lipinski definition) is 1. The van der Waals surface area contributed by atoms with Gasteiger partial charge in [0.05, 0.1) is 0 Å². The molecule has 2 aliphatic rings. The molecule has 1 aliphatic heterocycles. The standard InChI is InChI=1S/C14H25NO/c1-5-10(2)12(4)13(16)15-9-14(6-7-14)8-11(15)3/h10-12H,5-9H2,1-4H3/t10?,11-,12?/m1/s1. The molecule has 3 atom stereocenters. The summed E-state index contributed by atoms with van der Waals surface area (Å²) in [7, 11) is 0. The summed E-state index contributed by atoms with van der Waals surface area (Å²) in [5, 5.41) is 0. The van der Waals surface area contributed by atoms with Crippen LogP contribution in [0, 0.1) is 17.3 Å². The molecule has 16 heavy (non-hydrogen) atoms. The Balaban J connectivity index is 1.99. The number of nitrogens with zero attached hydrogens (tertiary/aromatic N) is 1. The summed E-state index contributed by atoms with van der Waals surface area (Å²) < 4.78 is 0. The van der Waals surface area contributed by atoms with Crippen molar-refractivity contribution >= 4 is 5.91 Å². The normalized spacial score (nSPS) is 30.5. The number of carbonyl (C=O) groups excluding carboxylic acids is 1. The van der Waals surface area contributed by atoms with E-state index in [0.717, 1.165) is 13.0 Å². The minimum absolute atomic E-state index is 0.196. The first-order chi connectivity index (χ1) is 7.49. The summed E-state index contributed by atoms with van der Waals surface area (Å²) >= 11 is 0. The molecular formula is C14H25NO. The molecule has 1 amide bonds. The Bertz CT molecular complexity index is 282. The summed E-state index contributed by atoms with van der Waals surface area (Å²) in [6.07, 6.45) is 5.03. The van der Waals surface area contributed by atoms with Crippen molar-refractivity contribution in [3.63, 3.8) is 0 Å². The van der Waals surface area contributed by atoms with Crippen LogP contribution in [0.25, 0.3) is 0 Å². The third-order valence-electron chi connectivity index (χ3n) is 4.89. The van der Waals surface area contributed by atoms with Gasteiger partial charge in [-0.3, -0.25) is 4.79 Å². The average molecular weight is 223 g/mol. The van der Waals surface area contributed by atoms with Crippen molar-refractivity contribution in [1.82, 2.24) is 4.90 Å². The van der Waals surface area contributed by atoms with Crippen molar-refractivity contribution in [2.24, 2.45) is 17.3 Å². The van der Waals surface area contributed by atoms with E-state index >= 15 is 0 Å². The van der Waals surface area contributed by atoms with E-state index in [4.69, 9.17) is 0 Å². The molecule has 2 fully saturated rings. The van der Waals surface area contributed by atoms with Gasteiger partial charge in [0.25, 0.3) is 0 Å². The van der Waals surface area contributed by atoms with Gasteiger partial charge in [0.2, 0.25) is 5.91 Å². The molecule has 0 aromatic heterocycles. The zero-order valence-corrected chi connectivity index (χ0v) is 11.1. The van der Waals surface area contributed by atoms with Gasteiger partial charge in [-0.15, -0.1) is 0 Å². The Kier molecular flexibility index (Phi) is 3.02. The van der Waals surface area contributed by atoms with Crippen LogP contribution >= 0.6 is 0 Å². The maximum Gasteiger partial charge on any atom is 0.225 e. The largest absolute Gasteiger partial charge is 0.339 e. The molecule has 2 rings (SSSR count). The Morgan fingerprint density at radius 3 is 2.50 bits per heavy atom. The second-order valence-corrected chi connectivity index (χ2v) is 6.19. The van der Waals surface area contributed by atoms with E-state index < -0.39 is 0 Å². The molecule has 1 heterocycles. The molecule has 2 nitrogen and oxygen atoms in total. The quantitative estimate of drug-likeness (QED) is 0.720. The van der Waals surface area contributed by atoms with Gasteiger partial charge in [-0.05, 0) is 37.5 Å². The molecule has 0 aromatic carbocycles. The highest BCUT2D eigenvalue weighted by atomic mass is 16.2. The molecule has 1 saturated carbocycles. The van der Waals surface area contributed by atoms with Crippen LogP contribution in [0.15, 0.2) is 0 Å². The van der Waals surface area contributed by atoms with E-state index in [1.165, 1.54) is 19.3 Å². The molecule has 92 valence electrons. The monoisotopic (exact) mass is 223 g/mol. The lowest BCUT2D eigenvalue weighted by Crippen LogP contribution is -2.39. The van der Waals surface area contributed by atoms with Crippen LogP contribution in [0.2, 0.25) is 0 Å². The van der Waals surface area contributed by atoms with Gasteiger partial charge in [0, 0.05) is 18.5 Å². The molecule has 1 saturated heterocycles. The topological polar surface area (TPSA) is 20.3 Å². The van der Waals surface area contributed by atoms with Gasteiger partial charge in [-0.2, -0.15) is 0 Å².